The van der Waals surface area contributed by atoms with E-state index in [1.807, 2.05) is 78.9 Å². The van der Waals surface area contributed by atoms with E-state index in [4.69, 9.17) is 11.6 Å². The van der Waals surface area contributed by atoms with E-state index >= 15 is 0 Å². The molecule has 0 saturated heterocycles. The zero-order valence-electron chi connectivity index (χ0n) is 14.5. The van der Waals surface area contributed by atoms with Gasteiger partial charge in [0.2, 0.25) is 5.91 Å². The lowest BCUT2D eigenvalue weighted by Crippen LogP contribution is -2.32. The van der Waals surface area contributed by atoms with Crippen molar-refractivity contribution in [2.75, 3.05) is 4.90 Å². The van der Waals surface area contributed by atoms with E-state index in [2.05, 4.69) is 5.10 Å². The van der Waals surface area contributed by atoms with Crippen LogP contribution in [-0.2, 0) is 18.4 Å². The Hall–Kier alpha value is -2.59. The monoisotopic (exact) mass is 365 g/mol. The number of hydrogen-bond donors (Lipinski definition) is 0. The minimum absolute atomic E-state index is 0.0126. The highest BCUT2D eigenvalue weighted by atomic mass is 35.5. The lowest BCUT2D eigenvalue weighted by atomic mass is 10.1. The van der Waals surface area contributed by atoms with Gasteiger partial charge >= 0.3 is 0 Å². The van der Waals surface area contributed by atoms with Crippen molar-refractivity contribution in [3.8, 4) is 0 Å². The number of amides is 1. The number of hydrogen-bond acceptors (Lipinski definition) is 2. The van der Waals surface area contributed by atoms with E-state index in [0.29, 0.717) is 11.6 Å². The predicted molar refractivity (Wildman–Crippen MR) is 103 cm³/mol. The number of carbonyl (C=O) groups is 1. The zero-order valence-corrected chi connectivity index (χ0v) is 15.3. The average molecular weight is 366 g/mol. The van der Waals surface area contributed by atoms with Gasteiger partial charge in [-0.3, -0.25) is 9.48 Å². The number of benzene rings is 2. The summed E-state index contributed by atoms with van der Waals surface area (Å²) < 4.78 is 1.79. The molecule has 1 aromatic heterocycles. The molecule has 0 bridgehead atoms. The molecule has 1 amide bonds. The van der Waals surface area contributed by atoms with E-state index in [0.717, 1.165) is 23.2 Å². The first kappa shape index (κ1) is 16.9. The van der Waals surface area contributed by atoms with Crippen molar-refractivity contribution in [1.82, 2.24) is 9.78 Å². The Morgan fingerprint density at radius 3 is 2.58 bits per heavy atom. The number of aryl methyl sites for hydroxylation is 1. The van der Waals surface area contributed by atoms with Crippen molar-refractivity contribution in [2.24, 2.45) is 13.0 Å². The minimum atomic E-state index is 0.0126. The number of anilines is 1. The van der Waals surface area contributed by atoms with Crippen LogP contribution in [0.4, 0.5) is 5.69 Å². The van der Waals surface area contributed by atoms with Crippen LogP contribution in [0.3, 0.4) is 0 Å². The van der Waals surface area contributed by atoms with Gasteiger partial charge in [0.15, 0.2) is 0 Å². The maximum absolute atomic E-state index is 13.3. The number of carbonyl (C=O) groups excluding carboxylic acids is 1. The molecule has 26 heavy (non-hydrogen) atoms. The molecule has 1 fully saturated rings. The van der Waals surface area contributed by atoms with Gasteiger partial charge in [-0.1, -0.05) is 41.9 Å². The summed E-state index contributed by atoms with van der Waals surface area (Å²) in [6.07, 6.45) is 4.74. The Morgan fingerprint density at radius 1 is 1.19 bits per heavy atom. The van der Waals surface area contributed by atoms with Crippen molar-refractivity contribution in [1.29, 1.82) is 0 Å². The van der Waals surface area contributed by atoms with Gasteiger partial charge in [0.1, 0.15) is 0 Å². The van der Waals surface area contributed by atoms with E-state index in [1.54, 1.807) is 4.68 Å². The molecule has 0 aliphatic heterocycles. The summed E-state index contributed by atoms with van der Waals surface area (Å²) in [6, 6.07) is 17.5. The first-order chi connectivity index (χ1) is 12.6. The van der Waals surface area contributed by atoms with Crippen LogP contribution in [0.25, 0.3) is 0 Å². The van der Waals surface area contributed by atoms with E-state index in [-0.39, 0.29) is 17.7 Å². The molecule has 1 heterocycles. The predicted octanol–water partition coefficient (Wildman–Crippen LogP) is 4.41. The summed E-state index contributed by atoms with van der Waals surface area (Å²) in [5.74, 6) is 0.436. The van der Waals surface area contributed by atoms with Gasteiger partial charge in [0.25, 0.3) is 0 Å². The van der Waals surface area contributed by atoms with Crippen LogP contribution in [0, 0.1) is 5.92 Å². The fraction of sp³-hybridized carbons (Fsp3) is 0.238. The Morgan fingerprint density at radius 2 is 1.92 bits per heavy atom. The SMILES string of the molecule is Cn1cc([C@H]2C[C@H]2C(=O)N(Cc2ccccc2)c2ccc(Cl)cc2)cn1. The molecule has 4 rings (SSSR count). The molecule has 2 aromatic carbocycles. The summed E-state index contributed by atoms with van der Waals surface area (Å²) >= 11 is 6.02. The first-order valence-corrected chi connectivity index (χ1v) is 9.09. The molecule has 4 nitrogen and oxygen atoms in total. The summed E-state index contributed by atoms with van der Waals surface area (Å²) in [4.78, 5) is 15.1. The van der Waals surface area contributed by atoms with Gasteiger partial charge in [0, 0.05) is 29.9 Å². The quantitative estimate of drug-likeness (QED) is 0.671. The van der Waals surface area contributed by atoms with Crippen molar-refractivity contribution in [2.45, 2.75) is 18.9 Å². The molecule has 0 spiro atoms. The second-order valence-corrected chi connectivity index (χ2v) is 7.22. The summed E-state index contributed by atoms with van der Waals surface area (Å²) in [6.45, 7) is 0.553. The summed E-state index contributed by atoms with van der Waals surface area (Å²) in [7, 11) is 1.90. The Kier molecular flexibility index (Phi) is 4.51. The molecule has 132 valence electrons. The summed E-state index contributed by atoms with van der Waals surface area (Å²) in [5.41, 5.74) is 3.12. The number of nitrogens with zero attached hydrogens (tertiary/aromatic N) is 3. The van der Waals surface area contributed by atoms with Crippen LogP contribution in [0.2, 0.25) is 5.02 Å². The molecule has 2 atom stereocenters. The lowest BCUT2D eigenvalue weighted by Gasteiger charge is -2.23. The molecule has 1 aliphatic rings. The Labute approximate surface area is 158 Å². The average Bonchev–Trinajstić information content (AvgIpc) is 3.34. The minimum Gasteiger partial charge on any atom is -0.308 e. The highest BCUT2D eigenvalue weighted by Gasteiger charge is 2.46. The smallest absolute Gasteiger partial charge is 0.231 e. The fourth-order valence-corrected chi connectivity index (χ4v) is 3.48. The first-order valence-electron chi connectivity index (χ1n) is 8.71. The van der Waals surface area contributed by atoms with Gasteiger partial charge in [-0.15, -0.1) is 0 Å². The van der Waals surface area contributed by atoms with Crippen molar-refractivity contribution >= 4 is 23.2 Å². The molecule has 0 unspecified atom stereocenters. The molecule has 0 N–H and O–H groups in total. The van der Waals surface area contributed by atoms with Gasteiger partial charge < -0.3 is 4.90 Å². The van der Waals surface area contributed by atoms with Crippen LogP contribution >= 0.6 is 11.6 Å². The van der Waals surface area contributed by atoms with E-state index in [9.17, 15) is 4.79 Å². The third-order valence-corrected chi connectivity index (χ3v) is 5.10. The van der Waals surface area contributed by atoms with Crippen molar-refractivity contribution in [3.63, 3.8) is 0 Å². The van der Waals surface area contributed by atoms with Crippen molar-refractivity contribution < 1.29 is 4.79 Å². The topological polar surface area (TPSA) is 38.1 Å². The molecule has 1 aliphatic carbocycles. The summed E-state index contributed by atoms with van der Waals surface area (Å²) in [5, 5.41) is 4.90. The van der Waals surface area contributed by atoms with E-state index < -0.39 is 0 Å². The third-order valence-electron chi connectivity index (χ3n) is 4.85. The van der Waals surface area contributed by atoms with Crippen LogP contribution in [0.1, 0.15) is 23.5 Å². The van der Waals surface area contributed by atoms with Gasteiger partial charge in [-0.05, 0) is 47.7 Å². The normalized spacial score (nSPS) is 18.5. The highest BCUT2D eigenvalue weighted by molar-refractivity contribution is 6.30. The van der Waals surface area contributed by atoms with E-state index in [1.165, 1.54) is 0 Å². The second kappa shape index (κ2) is 6.96. The molecular weight excluding hydrogens is 346 g/mol. The highest BCUT2D eigenvalue weighted by Crippen LogP contribution is 2.49. The number of halogens is 1. The van der Waals surface area contributed by atoms with Crippen LogP contribution in [0.5, 0.6) is 0 Å². The second-order valence-electron chi connectivity index (χ2n) is 6.78. The molecule has 5 heteroatoms. The Bertz CT molecular complexity index is 905. The number of rotatable bonds is 5. The Balaban J connectivity index is 1.58. The van der Waals surface area contributed by atoms with Crippen LogP contribution in [-0.4, -0.2) is 15.7 Å². The maximum atomic E-state index is 13.3. The molecule has 3 aromatic rings. The standard InChI is InChI=1S/C21H20ClN3O/c1-24-14-16(12-23-24)19-11-20(19)21(26)25(13-15-5-3-2-4-6-15)18-9-7-17(22)8-10-18/h2-10,12,14,19-20H,11,13H2,1H3/t19-,20-/m1/s1. The van der Waals surface area contributed by atoms with Crippen LogP contribution < -0.4 is 4.90 Å². The van der Waals surface area contributed by atoms with Gasteiger partial charge in [0.05, 0.1) is 12.7 Å². The molecule has 1 saturated carbocycles. The maximum Gasteiger partial charge on any atom is 0.231 e. The number of aromatic nitrogens is 2. The van der Waals surface area contributed by atoms with Crippen LogP contribution in [0.15, 0.2) is 67.0 Å². The zero-order chi connectivity index (χ0) is 18.1. The lowest BCUT2D eigenvalue weighted by molar-refractivity contribution is -0.120. The van der Waals surface area contributed by atoms with Gasteiger partial charge in [-0.25, -0.2) is 0 Å². The van der Waals surface area contributed by atoms with Crippen molar-refractivity contribution in [3.05, 3.63) is 83.1 Å². The molecular formula is C21H20ClN3O. The largest absolute Gasteiger partial charge is 0.308 e. The third kappa shape index (κ3) is 3.51. The fourth-order valence-electron chi connectivity index (χ4n) is 3.35. The van der Waals surface area contributed by atoms with Gasteiger partial charge in [-0.2, -0.15) is 5.10 Å². The molecule has 0 radical (unpaired) electrons.